The monoisotopic (exact) mass is 457 g/mol. The first-order valence-electron chi connectivity index (χ1n) is 11.9. The van der Waals surface area contributed by atoms with Crippen LogP contribution in [0, 0.1) is 17.3 Å². The molecule has 0 bridgehead atoms. The average Bonchev–Trinajstić information content (AvgIpc) is 2.79. The molecule has 0 unspecified atom stereocenters. The van der Waals surface area contributed by atoms with Gasteiger partial charge in [-0.3, -0.25) is 14.6 Å². The molecular formula is C27H39NO5. The lowest BCUT2D eigenvalue weighted by molar-refractivity contribution is -0.153. The fourth-order valence-electron chi connectivity index (χ4n) is 4.17. The molecule has 1 aromatic rings. The minimum Gasteiger partial charge on any atom is -0.458 e. The molecule has 0 amide bonds. The molecule has 0 saturated heterocycles. The molecule has 5 atom stereocenters. The molecule has 1 aliphatic rings. The molecule has 1 aromatic heterocycles. The van der Waals surface area contributed by atoms with Crippen LogP contribution in [0.15, 0.2) is 42.1 Å². The van der Waals surface area contributed by atoms with E-state index in [1.165, 1.54) is 5.57 Å². The number of pyridine rings is 1. The summed E-state index contributed by atoms with van der Waals surface area (Å²) in [5, 5.41) is 21.5. The highest BCUT2D eigenvalue weighted by atomic mass is 16.5. The number of ether oxygens (including phenoxy) is 1. The lowest BCUT2D eigenvalue weighted by atomic mass is 9.73. The number of aliphatic hydroxyl groups is 2. The van der Waals surface area contributed by atoms with E-state index < -0.39 is 35.6 Å². The van der Waals surface area contributed by atoms with Crippen molar-refractivity contribution in [2.24, 2.45) is 17.3 Å². The second-order valence-electron chi connectivity index (χ2n) is 9.88. The molecule has 2 rings (SSSR count). The molecule has 182 valence electrons. The molecular weight excluding hydrogens is 418 g/mol. The Hall–Kier alpha value is -2.31. The van der Waals surface area contributed by atoms with Gasteiger partial charge in [0.2, 0.25) is 0 Å². The summed E-state index contributed by atoms with van der Waals surface area (Å²) < 4.78 is 5.67. The molecule has 2 heterocycles. The van der Waals surface area contributed by atoms with E-state index in [9.17, 15) is 19.8 Å². The first-order valence-corrected chi connectivity index (χ1v) is 11.9. The maximum absolute atomic E-state index is 13.1. The van der Waals surface area contributed by atoms with Crippen LogP contribution in [0.2, 0.25) is 0 Å². The smallest absolute Gasteiger partial charge is 0.309 e. The number of carbonyl (C=O) groups is 2. The Kier molecular flexibility index (Phi) is 9.99. The lowest BCUT2D eigenvalue weighted by Gasteiger charge is -2.34. The summed E-state index contributed by atoms with van der Waals surface area (Å²) in [7, 11) is 0. The van der Waals surface area contributed by atoms with Crippen LogP contribution < -0.4 is 0 Å². The number of Topliss-reactive ketones (excluding diaryl/α,β-unsaturated/α-hetero) is 1. The molecule has 0 fully saturated rings. The molecule has 1 aliphatic heterocycles. The van der Waals surface area contributed by atoms with Crippen molar-refractivity contribution in [3.8, 4) is 0 Å². The topological polar surface area (TPSA) is 96.7 Å². The van der Waals surface area contributed by atoms with E-state index in [1.54, 1.807) is 33.0 Å². The normalized spacial score (nSPS) is 30.6. The molecule has 0 aliphatic carbocycles. The van der Waals surface area contributed by atoms with Gasteiger partial charge in [0.05, 0.1) is 29.7 Å². The van der Waals surface area contributed by atoms with E-state index in [1.807, 2.05) is 38.1 Å². The van der Waals surface area contributed by atoms with E-state index in [0.717, 1.165) is 25.0 Å². The van der Waals surface area contributed by atoms with Crippen LogP contribution in [0.5, 0.6) is 0 Å². The number of rotatable bonds is 2. The Labute approximate surface area is 197 Å². The number of carbonyl (C=O) groups excluding carboxylic acids is 2. The fourth-order valence-corrected chi connectivity index (χ4v) is 4.17. The SMILES string of the molecule is CC1=CC[C@@H](C=Cc2ccccn2)OC(=O)C[C@H](O)C(C)(C)C(=O)[C@H](C)[C@@H](O)[C@@H](C)CCC1. The minimum atomic E-state index is -1.21. The van der Waals surface area contributed by atoms with Gasteiger partial charge in [0.1, 0.15) is 11.9 Å². The minimum absolute atomic E-state index is 0.0448. The second-order valence-corrected chi connectivity index (χ2v) is 9.88. The summed E-state index contributed by atoms with van der Waals surface area (Å²) in [6.07, 6.45) is 7.63. The molecule has 6 nitrogen and oxygen atoms in total. The number of hydrogen-bond acceptors (Lipinski definition) is 6. The second kappa shape index (κ2) is 12.2. The number of cyclic esters (lactones) is 1. The van der Waals surface area contributed by atoms with E-state index in [4.69, 9.17) is 4.74 Å². The highest BCUT2D eigenvalue weighted by Crippen LogP contribution is 2.32. The van der Waals surface area contributed by atoms with Crippen molar-refractivity contribution in [2.45, 2.75) is 85.0 Å². The van der Waals surface area contributed by atoms with Crippen LogP contribution in [0.1, 0.15) is 72.4 Å². The Morgan fingerprint density at radius 2 is 1.91 bits per heavy atom. The maximum atomic E-state index is 13.1. The largest absolute Gasteiger partial charge is 0.458 e. The van der Waals surface area contributed by atoms with Crippen molar-refractivity contribution in [3.05, 3.63) is 47.8 Å². The van der Waals surface area contributed by atoms with Crippen molar-refractivity contribution < 1.29 is 24.5 Å². The number of ketones is 1. The highest BCUT2D eigenvalue weighted by molar-refractivity contribution is 5.88. The van der Waals surface area contributed by atoms with Crippen molar-refractivity contribution in [1.82, 2.24) is 4.98 Å². The number of allylic oxidation sites excluding steroid dienone is 1. The van der Waals surface area contributed by atoms with Gasteiger partial charge < -0.3 is 14.9 Å². The lowest BCUT2D eigenvalue weighted by Crippen LogP contribution is -2.45. The number of esters is 1. The van der Waals surface area contributed by atoms with Crippen LogP contribution in [-0.2, 0) is 14.3 Å². The predicted molar refractivity (Wildman–Crippen MR) is 129 cm³/mol. The number of hydrogen-bond donors (Lipinski definition) is 2. The molecule has 6 heteroatoms. The van der Waals surface area contributed by atoms with Crippen LogP contribution in [-0.4, -0.2) is 45.3 Å². The highest BCUT2D eigenvalue weighted by Gasteiger charge is 2.42. The quantitative estimate of drug-likeness (QED) is 0.501. The Bertz CT molecular complexity index is 845. The van der Waals surface area contributed by atoms with Crippen LogP contribution in [0.3, 0.4) is 0 Å². The van der Waals surface area contributed by atoms with Crippen molar-refractivity contribution >= 4 is 17.8 Å². The molecule has 0 aromatic carbocycles. The average molecular weight is 458 g/mol. The Morgan fingerprint density at radius 1 is 1.18 bits per heavy atom. The van der Waals surface area contributed by atoms with Gasteiger partial charge >= 0.3 is 5.97 Å². The van der Waals surface area contributed by atoms with Crippen molar-refractivity contribution in [2.75, 3.05) is 0 Å². The summed E-state index contributed by atoms with van der Waals surface area (Å²) in [5.74, 6) is -1.51. The zero-order valence-electron chi connectivity index (χ0n) is 20.5. The standard InChI is InChI=1S/C27H39NO5/c1-18-9-8-10-19(2)25(31)20(3)26(32)27(4,5)23(29)17-24(30)33-22(14-12-18)15-13-21-11-6-7-16-28-21/h6-7,11-13,15-16,19-20,22-23,25,29,31H,8-10,14,17H2,1-5H3/t19-,20+,22-,23-,25-/m0/s1. The van der Waals surface area contributed by atoms with Gasteiger partial charge in [-0.1, -0.05) is 45.4 Å². The summed E-state index contributed by atoms with van der Waals surface area (Å²) in [5.41, 5.74) is 0.752. The number of aromatic nitrogens is 1. The van der Waals surface area contributed by atoms with Crippen LogP contribution in [0.25, 0.3) is 6.08 Å². The third-order valence-corrected chi connectivity index (χ3v) is 6.72. The van der Waals surface area contributed by atoms with Gasteiger partial charge in [-0.25, -0.2) is 0 Å². The van der Waals surface area contributed by atoms with Gasteiger partial charge in [-0.15, -0.1) is 0 Å². The summed E-state index contributed by atoms with van der Waals surface area (Å²) in [6.45, 7) is 8.94. The van der Waals surface area contributed by atoms with Gasteiger partial charge in [-0.05, 0) is 56.4 Å². The first kappa shape index (κ1) is 26.9. The zero-order chi connectivity index (χ0) is 24.6. The van der Waals surface area contributed by atoms with Crippen LogP contribution in [0.4, 0.5) is 0 Å². The molecule has 0 radical (unpaired) electrons. The van der Waals surface area contributed by atoms with Gasteiger partial charge in [0, 0.05) is 18.5 Å². The van der Waals surface area contributed by atoms with E-state index in [0.29, 0.717) is 6.42 Å². The zero-order valence-corrected chi connectivity index (χ0v) is 20.5. The van der Waals surface area contributed by atoms with Crippen molar-refractivity contribution in [3.63, 3.8) is 0 Å². The summed E-state index contributed by atoms with van der Waals surface area (Å²) in [6, 6.07) is 5.58. The molecule has 33 heavy (non-hydrogen) atoms. The number of nitrogens with zero attached hydrogens (tertiary/aromatic N) is 1. The molecule has 0 spiro atoms. The maximum Gasteiger partial charge on any atom is 0.309 e. The van der Waals surface area contributed by atoms with E-state index in [-0.39, 0.29) is 18.1 Å². The number of aliphatic hydroxyl groups excluding tert-OH is 2. The molecule has 0 saturated carbocycles. The first-order chi connectivity index (χ1) is 15.5. The van der Waals surface area contributed by atoms with Crippen LogP contribution >= 0.6 is 0 Å². The fraction of sp³-hybridized carbons (Fsp3) is 0.593. The third-order valence-electron chi connectivity index (χ3n) is 6.72. The van der Waals surface area contributed by atoms with Gasteiger partial charge in [0.15, 0.2) is 0 Å². The van der Waals surface area contributed by atoms with E-state index in [2.05, 4.69) is 11.1 Å². The Balaban J connectivity index is 2.27. The summed E-state index contributed by atoms with van der Waals surface area (Å²) >= 11 is 0. The third kappa shape index (κ3) is 7.90. The van der Waals surface area contributed by atoms with Gasteiger partial charge in [0.25, 0.3) is 0 Å². The summed E-state index contributed by atoms with van der Waals surface area (Å²) in [4.78, 5) is 30.0. The predicted octanol–water partition coefficient (Wildman–Crippen LogP) is 4.51. The van der Waals surface area contributed by atoms with Gasteiger partial charge in [-0.2, -0.15) is 0 Å². The Morgan fingerprint density at radius 3 is 2.58 bits per heavy atom. The van der Waals surface area contributed by atoms with E-state index >= 15 is 0 Å². The molecule has 2 N–H and O–H groups in total. The van der Waals surface area contributed by atoms with Crippen molar-refractivity contribution in [1.29, 1.82) is 0 Å².